The van der Waals surface area contributed by atoms with Crippen LogP contribution < -0.4 is 5.32 Å². The molecule has 0 aromatic carbocycles. The van der Waals surface area contributed by atoms with Crippen molar-refractivity contribution in [3.63, 3.8) is 0 Å². The molecule has 0 radical (unpaired) electrons. The SMILES string of the molecule is O=C(O)c1cccc(C(=O)NC23CCC(CC2)C3)n1. The monoisotopic (exact) mass is 260 g/mol. The molecule has 1 aromatic rings. The largest absolute Gasteiger partial charge is 0.477 e. The van der Waals surface area contributed by atoms with Gasteiger partial charge in [0, 0.05) is 5.54 Å². The summed E-state index contributed by atoms with van der Waals surface area (Å²) in [5, 5.41) is 12.0. The number of aromatic nitrogens is 1. The molecule has 0 saturated heterocycles. The number of nitrogens with one attached hydrogen (secondary N) is 1. The Morgan fingerprint density at radius 1 is 1.26 bits per heavy atom. The molecule has 19 heavy (non-hydrogen) atoms. The zero-order valence-electron chi connectivity index (χ0n) is 10.6. The molecule has 0 spiro atoms. The maximum Gasteiger partial charge on any atom is 0.354 e. The van der Waals surface area contributed by atoms with E-state index in [9.17, 15) is 9.59 Å². The minimum Gasteiger partial charge on any atom is -0.477 e. The van der Waals surface area contributed by atoms with Crippen molar-refractivity contribution in [2.45, 2.75) is 37.6 Å². The van der Waals surface area contributed by atoms with E-state index >= 15 is 0 Å². The van der Waals surface area contributed by atoms with Gasteiger partial charge in [0.05, 0.1) is 0 Å². The Labute approximate surface area is 111 Å². The van der Waals surface area contributed by atoms with Crippen LogP contribution in [0.4, 0.5) is 0 Å². The highest BCUT2D eigenvalue weighted by Gasteiger charge is 2.45. The van der Waals surface area contributed by atoms with Crippen molar-refractivity contribution in [3.8, 4) is 0 Å². The molecule has 1 amide bonds. The molecule has 100 valence electrons. The highest BCUT2D eigenvalue weighted by molar-refractivity contribution is 5.94. The van der Waals surface area contributed by atoms with Gasteiger partial charge in [-0.1, -0.05) is 6.07 Å². The number of aromatic carboxylic acids is 1. The number of carbonyl (C=O) groups is 2. The van der Waals surface area contributed by atoms with Gasteiger partial charge >= 0.3 is 5.97 Å². The summed E-state index contributed by atoms with van der Waals surface area (Å²) < 4.78 is 0. The third-order valence-corrected chi connectivity index (χ3v) is 4.32. The average Bonchev–Trinajstić information content (AvgIpc) is 2.98. The first-order valence-corrected chi connectivity index (χ1v) is 6.61. The second kappa shape index (κ2) is 4.33. The topological polar surface area (TPSA) is 79.3 Å². The van der Waals surface area contributed by atoms with Crippen molar-refractivity contribution in [2.75, 3.05) is 0 Å². The Morgan fingerprint density at radius 2 is 1.95 bits per heavy atom. The van der Waals surface area contributed by atoms with Crippen LogP contribution in [0.3, 0.4) is 0 Å². The Kier molecular flexibility index (Phi) is 2.77. The number of rotatable bonds is 3. The lowest BCUT2D eigenvalue weighted by Crippen LogP contribution is -2.45. The van der Waals surface area contributed by atoms with Crippen LogP contribution in [0.2, 0.25) is 0 Å². The van der Waals surface area contributed by atoms with Gasteiger partial charge in [-0.05, 0) is 50.2 Å². The van der Waals surface area contributed by atoms with Gasteiger partial charge < -0.3 is 10.4 Å². The lowest BCUT2D eigenvalue weighted by atomic mass is 9.93. The van der Waals surface area contributed by atoms with Gasteiger partial charge in [0.15, 0.2) is 0 Å². The Hall–Kier alpha value is -1.91. The molecule has 5 heteroatoms. The van der Waals surface area contributed by atoms with Crippen LogP contribution >= 0.6 is 0 Å². The molecule has 2 N–H and O–H groups in total. The standard InChI is InChI=1S/C14H16N2O3/c17-12(10-2-1-3-11(15-10)13(18)19)16-14-6-4-9(8-14)5-7-14/h1-3,9H,4-8H2,(H,16,17)(H,18,19). The van der Waals surface area contributed by atoms with E-state index in [1.165, 1.54) is 18.9 Å². The molecule has 3 rings (SSSR count). The predicted molar refractivity (Wildman–Crippen MR) is 68.0 cm³/mol. The zero-order chi connectivity index (χ0) is 13.5. The minimum atomic E-state index is -1.12. The van der Waals surface area contributed by atoms with Crippen LogP contribution in [0.25, 0.3) is 0 Å². The fourth-order valence-corrected chi connectivity index (χ4v) is 3.35. The summed E-state index contributed by atoms with van der Waals surface area (Å²) in [6.07, 6.45) is 5.48. The van der Waals surface area contributed by atoms with E-state index in [2.05, 4.69) is 10.3 Å². The molecule has 2 aliphatic carbocycles. The van der Waals surface area contributed by atoms with E-state index in [0.717, 1.165) is 25.2 Å². The summed E-state index contributed by atoms with van der Waals surface area (Å²) >= 11 is 0. The molecule has 2 fully saturated rings. The first-order chi connectivity index (χ1) is 9.08. The fourth-order valence-electron chi connectivity index (χ4n) is 3.35. The van der Waals surface area contributed by atoms with Gasteiger partial charge in [-0.3, -0.25) is 4.79 Å². The van der Waals surface area contributed by atoms with E-state index in [1.807, 2.05) is 0 Å². The van der Waals surface area contributed by atoms with E-state index < -0.39 is 5.97 Å². The van der Waals surface area contributed by atoms with Gasteiger partial charge in [0.25, 0.3) is 5.91 Å². The molecule has 0 unspecified atom stereocenters. The van der Waals surface area contributed by atoms with Gasteiger partial charge in [0.1, 0.15) is 11.4 Å². The van der Waals surface area contributed by atoms with Crippen molar-refractivity contribution < 1.29 is 14.7 Å². The summed E-state index contributed by atoms with van der Waals surface area (Å²) in [5.41, 5.74) is 0.0216. The zero-order valence-corrected chi connectivity index (χ0v) is 10.6. The quantitative estimate of drug-likeness (QED) is 0.869. The van der Waals surface area contributed by atoms with Crippen molar-refractivity contribution >= 4 is 11.9 Å². The van der Waals surface area contributed by atoms with Gasteiger partial charge in [-0.25, -0.2) is 9.78 Å². The van der Waals surface area contributed by atoms with Crippen molar-refractivity contribution in [1.29, 1.82) is 0 Å². The summed E-state index contributed by atoms with van der Waals surface area (Å²) in [6.45, 7) is 0. The van der Waals surface area contributed by atoms with Crippen molar-refractivity contribution in [3.05, 3.63) is 29.6 Å². The first-order valence-electron chi connectivity index (χ1n) is 6.61. The number of carbonyl (C=O) groups excluding carboxylic acids is 1. The van der Waals surface area contributed by atoms with Crippen molar-refractivity contribution in [2.24, 2.45) is 5.92 Å². The number of hydrogen-bond donors (Lipinski definition) is 2. The predicted octanol–water partition coefficient (Wildman–Crippen LogP) is 1.84. The van der Waals surface area contributed by atoms with Crippen molar-refractivity contribution in [1.82, 2.24) is 10.3 Å². The summed E-state index contributed by atoms with van der Waals surface area (Å²) in [5.74, 6) is -0.626. The van der Waals surface area contributed by atoms with E-state index in [1.54, 1.807) is 12.1 Å². The number of nitrogens with zero attached hydrogens (tertiary/aromatic N) is 1. The number of amides is 1. The molecule has 0 aliphatic heterocycles. The first kappa shape index (κ1) is 12.1. The van der Waals surface area contributed by atoms with Crippen LogP contribution in [0.15, 0.2) is 18.2 Å². The molecular weight excluding hydrogens is 244 g/mol. The lowest BCUT2D eigenvalue weighted by Gasteiger charge is -2.27. The smallest absolute Gasteiger partial charge is 0.354 e. The van der Waals surface area contributed by atoms with Crippen LogP contribution in [0.1, 0.15) is 53.1 Å². The highest BCUT2D eigenvalue weighted by atomic mass is 16.4. The average molecular weight is 260 g/mol. The third-order valence-electron chi connectivity index (χ3n) is 4.32. The Bertz CT molecular complexity index is 533. The van der Waals surface area contributed by atoms with E-state index in [0.29, 0.717) is 0 Å². The van der Waals surface area contributed by atoms with E-state index in [4.69, 9.17) is 5.11 Å². The number of hydrogen-bond acceptors (Lipinski definition) is 3. The molecule has 1 aromatic heterocycles. The number of carboxylic acids is 1. The van der Waals surface area contributed by atoms with Crippen LogP contribution in [-0.2, 0) is 0 Å². The van der Waals surface area contributed by atoms with E-state index in [-0.39, 0.29) is 22.8 Å². The number of carboxylic acid groups (broad SMARTS) is 1. The molecule has 2 aliphatic rings. The Balaban J connectivity index is 1.77. The number of pyridine rings is 1. The highest BCUT2D eigenvalue weighted by Crippen LogP contribution is 2.47. The molecule has 0 atom stereocenters. The molecule has 2 saturated carbocycles. The second-order valence-electron chi connectivity index (χ2n) is 5.60. The molecule has 1 heterocycles. The van der Waals surface area contributed by atoms with Crippen LogP contribution in [0.5, 0.6) is 0 Å². The second-order valence-corrected chi connectivity index (χ2v) is 5.60. The van der Waals surface area contributed by atoms with Gasteiger partial charge in [0.2, 0.25) is 0 Å². The maximum absolute atomic E-state index is 12.2. The Morgan fingerprint density at radius 3 is 2.53 bits per heavy atom. The summed E-state index contributed by atoms with van der Waals surface area (Å²) in [4.78, 5) is 26.9. The molecule has 5 nitrogen and oxygen atoms in total. The summed E-state index contributed by atoms with van der Waals surface area (Å²) in [6, 6.07) is 4.49. The maximum atomic E-state index is 12.2. The van der Waals surface area contributed by atoms with Crippen LogP contribution in [-0.4, -0.2) is 27.5 Å². The lowest BCUT2D eigenvalue weighted by molar-refractivity contribution is 0.0690. The summed E-state index contributed by atoms with van der Waals surface area (Å²) in [7, 11) is 0. The third kappa shape index (κ3) is 2.20. The van der Waals surface area contributed by atoms with Gasteiger partial charge in [-0.2, -0.15) is 0 Å². The fraction of sp³-hybridized carbons (Fsp3) is 0.500. The molecule has 2 bridgehead atoms. The molecular formula is C14H16N2O3. The minimum absolute atomic E-state index is 0.0668. The number of fused-ring (bicyclic) bond motifs is 2. The van der Waals surface area contributed by atoms with Crippen LogP contribution in [0, 0.1) is 5.92 Å². The van der Waals surface area contributed by atoms with Gasteiger partial charge in [-0.15, -0.1) is 0 Å². The normalized spacial score (nSPS) is 28.3.